The Hall–Kier alpha value is -3.65. The van der Waals surface area contributed by atoms with Crippen molar-refractivity contribution in [2.45, 2.75) is 38.5 Å². The van der Waals surface area contributed by atoms with Crippen LogP contribution in [-0.2, 0) is 9.59 Å². The van der Waals surface area contributed by atoms with Crippen molar-refractivity contribution < 1.29 is 14.7 Å². The molecule has 2 amide bonds. The summed E-state index contributed by atoms with van der Waals surface area (Å²) in [7, 11) is 0. The zero-order chi connectivity index (χ0) is 22.5. The van der Waals surface area contributed by atoms with Crippen LogP contribution in [0.1, 0.15) is 26.2 Å². The van der Waals surface area contributed by atoms with Crippen LogP contribution in [0.4, 0.5) is 11.4 Å². The number of aromatic nitrogens is 2. The van der Waals surface area contributed by atoms with Crippen LogP contribution in [0.25, 0.3) is 22.5 Å². The number of carbonyl (C=O) groups excluding carboxylic acids is 2. The number of anilines is 2. The van der Waals surface area contributed by atoms with E-state index in [4.69, 9.17) is 0 Å². The Morgan fingerprint density at radius 1 is 1.19 bits per heavy atom. The first kappa shape index (κ1) is 21.6. The third-order valence-corrected chi connectivity index (χ3v) is 5.79. The van der Waals surface area contributed by atoms with Gasteiger partial charge < -0.3 is 20.6 Å². The average Bonchev–Trinajstić information content (AvgIpc) is 3.45. The van der Waals surface area contributed by atoms with E-state index in [1.165, 1.54) is 0 Å². The van der Waals surface area contributed by atoms with Crippen LogP contribution in [0.15, 0.2) is 54.6 Å². The lowest BCUT2D eigenvalue weighted by Crippen LogP contribution is -2.37. The molecule has 1 aromatic heterocycles. The molecule has 0 saturated carbocycles. The van der Waals surface area contributed by atoms with Gasteiger partial charge in [-0.15, -0.1) is 0 Å². The number of hydrogen-bond acceptors (Lipinski definition) is 5. The lowest BCUT2D eigenvalue weighted by atomic mass is 10.1. The number of H-pyrrole nitrogens is 1. The summed E-state index contributed by atoms with van der Waals surface area (Å²) in [5.41, 5.74) is 5.14. The van der Waals surface area contributed by atoms with Crippen molar-refractivity contribution in [1.29, 1.82) is 0 Å². The fourth-order valence-electron chi connectivity index (χ4n) is 4.17. The first-order valence-corrected chi connectivity index (χ1v) is 10.7. The number of aliphatic hydroxyl groups is 1. The number of aliphatic hydroxyl groups excluding tert-OH is 1. The highest BCUT2D eigenvalue weighted by atomic mass is 16.3. The van der Waals surface area contributed by atoms with E-state index >= 15 is 0 Å². The standard InChI is InChI=1S/C24H27N5O3/c1-16(31)29-12-2-3-21(29)13-24(32)26-20-10-6-18(7-11-20)23-14-22(27-28-23)17-4-8-19(9-5-17)25-15-30/h4-11,14-15,21,24,26,32H,2-3,12-13H2,1H3,(H,25,30)(H,27,28)/t21-,24?/m0/s1. The van der Waals surface area contributed by atoms with Crippen LogP contribution in [0.2, 0.25) is 0 Å². The predicted octanol–water partition coefficient (Wildman–Crippen LogP) is 3.44. The van der Waals surface area contributed by atoms with Crippen LogP contribution < -0.4 is 10.6 Å². The Balaban J connectivity index is 1.37. The van der Waals surface area contributed by atoms with E-state index in [-0.39, 0.29) is 11.9 Å². The van der Waals surface area contributed by atoms with Gasteiger partial charge in [-0.2, -0.15) is 5.10 Å². The molecule has 1 unspecified atom stereocenters. The molecule has 4 rings (SSSR count). The molecule has 0 radical (unpaired) electrons. The summed E-state index contributed by atoms with van der Waals surface area (Å²) >= 11 is 0. The maximum atomic E-state index is 11.7. The van der Waals surface area contributed by atoms with Gasteiger partial charge in [0.15, 0.2) is 0 Å². The van der Waals surface area contributed by atoms with Crippen LogP contribution >= 0.6 is 0 Å². The molecule has 4 N–H and O–H groups in total. The van der Waals surface area contributed by atoms with E-state index in [1.54, 1.807) is 6.92 Å². The van der Waals surface area contributed by atoms with Crippen LogP contribution in [-0.4, -0.2) is 51.3 Å². The molecule has 2 heterocycles. The van der Waals surface area contributed by atoms with E-state index in [1.807, 2.05) is 59.5 Å². The number of amides is 2. The molecular weight excluding hydrogens is 406 g/mol. The number of nitrogens with zero attached hydrogens (tertiary/aromatic N) is 2. The minimum Gasteiger partial charge on any atom is -0.374 e. The second-order valence-electron chi connectivity index (χ2n) is 7.99. The number of likely N-dealkylation sites (tertiary alicyclic amines) is 1. The maximum absolute atomic E-state index is 11.7. The summed E-state index contributed by atoms with van der Waals surface area (Å²) < 4.78 is 0. The number of aromatic amines is 1. The molecule has 3 aromatic rings. The molecule has 0 aliphatic carbocycles. The minimum atomic E-state index is -0.721. The van der Waals surface area contributed by atoms with Crippen LogP contribution in [0.3, 0.4) is 0 Å². The molecule has 2 aromatic carbocycles. The average molecular weight is 434 g/mol. The Kier molecular flexibility index (Phi) is 6.51. The maximum Gasteiger partial charge on any atom is 0.219 e. The highest BCUT2D eigenvalue weighted by Gasteiger charge is 2.28. The van der Waals surface area contributed by atoms with Gasteiger partial charge in [-0.25, -0.2) is 0 Å². The SMILES string of the molecule is CC(=O)N1CCC[C@H]1CC(O)Nc1ccc(-c2cc(-c3ccc(NC=O)cc3)n[nH]2)cc1. The van der Waals surface area contributed by atoms with Gasteiger partial charge in [-0.05, 0) is 48.7 Å². The second-order valence-corrected chi connectivity index (χ2v) is 7.99. The Morgan fingerprint density at radius 2 is 1.88 bits per heavy atom. The van der Waals surface area contributed by atoms with Crippen molar-refractivity contribution in [2.75, 3.05) is 17.2 Å². The molecule has 2 atom stereocenters. The molecule has 0 spiro atoms. The fraction of sp³-hybridized carbons (Fsp3) is 0.292. The van der Waals surface area contributed by atoms with Crippen molar-refractivity contribution in [3.63, 3.8) is 0 Å². The zero-order valence-electron chi connectivity index (χ0n) is 17.9. The lowest BCUT2D eigenvalue weighted by Gasteiger charge is -2.26. The third-order valence-electron chi connectivity index (χ3n) is 5.79. The van der Waals surface area contributed by atoms with E-state index in [0.29, 0.717) is 12.8 Å². The molecule has 166 valence electrons. The lowest BCUT2D eigenvalue weighted by molar-refractivity contribution is -0.130. The molecule has 1 aliphatic heterocycles. The number of carbonyl (C=O) groups is 2. The third kappa shape index (κ3) is 4.97. The monoisotopic (exact) mass is 433 g/mol. The van der Waals surface area contributed by atoms with E-state index in [0.717, 1.165) is 53.3 Å². The quantitative estimate of drug-likeness (QED) is 0.321. The Bertz CT molecular complexity index is 1060. The molecule has 8 heteroatoms. The summed E-state index contributed by atoms with van der Waals surface area (Å²) in [6.07, 6.45) is 2.34. The van der Waals surface area contributed by atoms with Gasteiger partial charge in [0, 0.05) is 42.9 Å². The van der Waals surface area contributed by atoms with Crippen molar-refractivity contribution >= 4 is 23.7 Å². The predicted molar refractivity (Wildman–Crippen MR) is 124 cm³/mol. The number of benzene rings is 2. The molecule has 8 nitrogen and oxygen atoms in total. The summed E-state index contributed by atoms with van der Waals surface area (Å²) in [5, 5.41) is 23.6. The van der Waals surface area contributed by atoms with Crippen molar-refractivity contribution in [1.82, 2.24) is 15.1 Å². The number of nitrogens with one attached hydrogen (secondary N) is 3. The van der Waals surface area contributed by atoms with Crippen molar-refractivity contribution in [3.05, 3.63) is 54.6 Å². The molecular formula is C24H27N5O3. The summed E-state index contributed by atoms with van der Waals surface area (Å²) in [6.45, 7) is 2.35. The minimum absolute atomic E-state index is 0.0663. The first-order valence-electron chi connectivity index (χ1n) is 10.7. The zero-order valence-corrected chi connectivity index (χ0v) is 17.9. The van der Waals surface area contributed by atoms with Crippen molar-refractivity contribution in [2.24, 2.45) is 0 Å². The molecule has 1 aliphatic rings. The van der Waals surface area contributed by atoms with Gasteiger partial charge in [0.1, 0.15) is 6.23 Å². The van der Waals surface area contributed by atoms with Gasteiger partial charge in [0.05, 0.1) is 11.4 Å². The summed E-state index contributed by atoms with van der Waals surface area (Å²) in [6, 6.07) is 17.2. The normalized spacial score (nSPS) is 16.6. The summed E-state index contributed by atoms with van der Waals surface area (Å²) in [5.74, 6) is 0.0663. The van der Waals surface area contributed by atoms with Gasteiger partial charge in [0.2, 0.25) is 12.3 Å². The summed E-state index contributed by atoms with van der Waals surface area (Å²) in [4.78, 5) is 24.1. The number of hydrogen-bond donors (Lipinski definition) is 4. The topological polar surface area (TPSA) is 110 Å². The van der Waals surface area contributed by atoms with Gasteiger partial charge in [-0.3, -0.25) is 14.7 Å². The Labute approximate surface area is 186 Å². The van der Waals surface area contributed by atoms with Gasteiger partial charge in [-0.1, -0.05) is 24.3 Å². The van der Waals surface area contributed by atoms with Gasteiger partial charge in [0.25, 0.3) is 0 Å². The Morgan fingerprint density at radius 3 is 2.56 bits per heavy atom. The van der Waals surface area contributed by atoms with Crippen molar-refractivity contribution in [3.8, 4) is 22.5 Å². The van der Waals surface area contributed by atoms with E-state index < -0.39 is 6.23 Å². The molecule has 1 fully saturated rings. The fourth-order valence-corrected chi connectivity index (χ4v) is 4.17. The van der Waals surface area contributed by atoms with Gasteiger partial charge >= 0.3 is 0 Å². The molecule has 0 bridgehead atoms. The number of rotatable bonds is 8. The molecule has 32 heavy (non-hydrogen) atoms. The highest BCUT2D eigenvalue weighted by molar-refractivity contribution is 5.75. The van der Waals surface area contributed by atoms with E-state index in [2.05, 4.69) is 20.8 Å². The highest BCUT2D eigenvalue weighted by Crippen LogP contribution is 2.27. The van der Waals surface area contributed by atoms with Crippen LogP contribution in [0, 0.1) is 0 Å². The first-order chi connectivity index (χ1) is 15.5. The smallest absolute Gasteiger partial charge is 0.219 e. The largest absolute Gasteiger partial charge is 0.374 e. The molecule has 1 saturated heterocycles. The second kappa shape index (κ2) is 9.65. The van der Waals surface area contributed by atoms with Crippen LogP contribution in [0.5, 0.6) is 0 Å². The van der Waals surface area contributed by atoms with E-state index in [9.17, 15) is 14.7 Å².